The Morgan fingerprint density at radius 3 is 3.06 bits per heavy atom. The molecule has 0 saturated carbocycles. The maximum atomic E-state index is 9.42. The summed E-state index contributed by atoms with van der Waals surface area (Å²) in [6.07, 6.45) is 0. The molecular weight excluding hydrogens is 244 g/mol. The summed E-state index contributed by atoms with van der Waals surface area (Å²) in [7, 11) is 0. The Morgan fingerprint density at radius 1 is 1.56 bits per heavy atom. The lowest BCUT2D eigenvalue weighted by Crippen LogP contribution is -2.44. The highest BCUT2D eigenvalue weighted by Crippen LogP contribution is 2.31. The summed E-state index contributed by atoms with van der Waals surface area (Å²) in [4.78, 5) is 3.36. The number of hydrogen-bond donors (Lipinski definition) is 0. The Kier molecular flexibility index (Phi) is 4.51. The molecule has 1 heterocycles. The van der Waals surface area contributed by atoms with E-state index in [9.17, 15) is 5.26 Å². The van der Waals surface area contributed by atoms with E-state index < -0.39 is 0 Å². The van der Waals surface area contributed by atoms with E-state index in [-0.39, 0.29) is 0 Å². The normalized spacial score (nSPS) is 19.6. The molecule has 2 rings (SSSR count). The molecule has 4 heteroatoms. The molecule has 1 aliphatic rings. The van der Waals surface area contributed by atoms with Crippen LogP contribution in [0.3, 0.4) is 0 Å². The van der Waals surface area contributed by atoms with Gasteiger partial charge in [0, 0.05) is 17.5 Å². The van der Waals surface area contributed by atoms with Crippen molar-refractivity contribution >= 4 is 17.4 Å². The monoisotopic (exact) mass is 262 g/mol. The van der Waals surface area contributed by atoms with Crippen molar-refractivity contribution in [1.82, 2.24) is 0 Å². The van der Waals surface area contributed by atoms with Gasteiger partial charge in [0.25, 0.3) is 0 Å². The molecule has 1 unspecified atom stereocenters. The van der Waals surface area contributed by atoms with Crippen molar-refractivity contribution in [2.45, 2.75) is 24.8 Å². The van der Waals surface area contributed by atoms with Crippen LogP contribution in [0.4, 0.5) is 5.69 Å². The van der Waals surface area contributed by atoms with Crippen molar-refractivity contribution in [3.05, 3.63) is 23.8 Å². The van der Waals surface area contributed by atoms with E-state index in [0.29, 0.717) is 6.04 Å². The number of benzene rings is 1. The maximum absolute atomic E-state index is 9.42. The average Bonchev–Trinajstić information content (AvgIpc) is 2.39. The zero-order valence-electron chi connectivity index (χ0n) is 10.8. The minimum absolute atomic E-state index is 0.327. The minimum atomic E-state index is 0.327. The minimum Gasteiger partial charge on any atom is -0.377 e. The first-order valence-electron chi connectivity index (χ1n) is 6.28. The van der Waals surface area contributed by atoms with Crippen LogP contribution in [0.2, 0.25) is 0 Å². The number of nitrogens with zero attached hydrogens (tertiary/aromatic N) is 2. The lowest BCUT2D eigenvalue weighted by atomic mass is 10.1. The molecule has 18 heavy (non-hydrogen) atoms. The Labute approximate surface area is 113 Å². The van der Waals surface area contributed by atoms with Crippen molar-refractivity contribution in [3.63, 3.8) is 0 Å². The van der Waals surface area contributed by atoms with Gasteiger partial charge in [-0.2, -0.15) is 5.26 Å². The third-order valence-corrected chi connectivity index (χ3v) is 4.03. The molecule has 0 radical (unpaired) electrons. The van der Waals surface area contributed by atoms with Crippen LogP contribution in [0, 0.1) is 11.3 Å². The Balaban J connectivity index is 2.37. The first-order valence-corrected chi connectivity index (χ1v) is 7.26. The molecule has 0 spiro atoms. The van der Waals surface area contributed by atoms with Gasteiger partial charge in [-0.25, -0.2) is 0 Å². The molecule has 3 nitrogen and oxygen atoms in total. The van der Waals surface area contributed by atoms with Gasteiger partial charge in [0.1, 0.15) is 6.07 Å². The lowest BCUT2D eigenvalue weighted by Gasteiger charge is -2.36. The number of hydrogen-bond acceptors (Lipinski definition) is 4. The molecule has 0 N–H and O–H groups in total. The van der Waals surface area contributed by atoms with Gasteiger partial charge >= 0.3 is 0 Å². The van der Waals surface area contributed by atoms with E-state index in [2.05, 4.69) is 24.8 Å². The van der Waals surface area contributed by atoms with E-state index in [1.807, 2.05) is 18.2 Å². The Bertz CT molecular complexity index is 456. The molecule has 0 aliphatic carbocycles. The predicted octanol–water partition coefficient (Wildman–Crippen LogP) is 2.90. The van der Waals surface area contributed by atoms with Crippen LogP contribution in [0.15, 0.2) is 23.1 Å². The third kappa shape index (κ3) is 2.63. The Hall–Kier alpha value is -1.18. The van der Waals surface area contributed by atoms with Crippen molar-refractivity contribution in [1.29, 1.82) is 5.26 Å². The number of thioether (sulfide) groups is 1. The van der Waals surface area contributed by atoms with Crippen LogP contribution in [-0.4, -0.2) is 31.6 Å². The van der Waals surface area contributed by atoms with Crippen LogP contribution in [0.5, 0.6) is 0 Å². The molecule has 1 aliphatic heterocycles. The second kappa shape index (κ2) is 6.12. The SMILES string of the molecule is CCSc1cccc(N2CCOCC2C)c1C#N. The van der Waals surface area contributed by atoms with E-state index in [0.717, 1.165) is 41.7 Å². The van der Waals surface area contributed by atoms with Gasteiger partial charge in [0.15, 0.2) is 0 Å². The number of nitriles is 1. The van der Waals surface area contributed by atoms with Crippen LogP contribution in [0.25, 0.3) is 0 Å². The first kappa shape index (κ1) is 13.3. The van der Waals surface area contributed by atoms with Crippen molar-refractivity contribution in [3.8, 4) is 6.07 Å². The molecule has 0 aromatic heterocycles. The topological polar surface area (TPSA) is 36.3 Å². The maximum Gasteiger partial charge on any atom is 0.103 e. The summed E-state index contributed by atoms with van der Waals surface area (Å²) in [6.45, 7) is 6.57. The summed E-state index contributed by atoms with van der Waals surface area (Å²) in [5, 5.41) is 9.42. The van der Waals surface area contributed by atoms with Crippen LogP contribution >= 0.6 is 11.8 Å². The summed E-state index contributed by atoms with van der Waals surface area (Å²) < 4.78 is 5.45. The van der Waals surface area contributed by atoms with Gasteiger partial charge in [-0.15, -0.1) is 11.8 Å². The summed E-state index contributed by atoms with van der Waals surface area (Å²) in [5.41, 5.74) is 1.85. The standard InChI is InChI=1S/C14H18N2OS/c1-3-18-14-6-4-5-13(12(14)9-15)16-7-8-17-10-11(16)2/h4-6,11H,3,7-8,10H2,1-2H3. The quantitative estimate of drug-likeness (QED) is 0.785. The molecule has 1 saturated heterocycles. The molecule has 1 fully saturated rings. The molecule has 0 bridgehead atoms. The second-order valence-corrected chi connectivity index (χ2v) is 5.62. The molecule has 96 valence electrons. The predicted molar refractivity (Wildman–Crippen MR) is 75.2 cm³/mol. The van der Waals surface area contributed by atoms with E-state index >= 15 is 0 Å². The van der Waals surface area contributed by atoms with E-state index in [1.54, 1.807) is 11.8 Å². The van der Waals surface area contributed by atoms with Gasteiger partial charge in [0.05, 0.1) is 24.5 Å². The Morgan fingerprint density at radius 2 is 2.39 bits per heavy atom. The van der Waals surface area contributed by atoms with E-state index in [4.69, 9.17) is 4.74 Å². The van der Waals surface area contributed by atoms with Gasteiger partial charge in [-0.05, 0) is 24.8 Å². The highest BCUT2D eigenvalue weighted by atomic mass is 32.2. The zero-order chi connectivity index (χ0) is 13.0. The largest absolute Gasteiger partial charge is 0.377 e. The number of morpholine rings is 1. The fraction of sp³-hybridized carbons (Fsp3) is 0.500. The summed E-state index contributed by atoms with van der Waals surface area (Å²) in [6, 6.07) is 8.80. The number of anilines is 1. The molecule has 0 amide bonds. The van der Waals surface area contributed by atoms with Crippen molar-refractivity contribution in [2.75, 3.05) is 30.4 Å². The summed E-state index contributed by atoms with van der Waals surface area (Å²) >= 11 is 1.73. The number of ether oxygens (including phenoxy) is 1. The highest BCUT2D eigenvalue weighted by Gasteiger charge is 2.22. The fourth-order valence-corrected chi connectivity index (χ4v) is 3.01. The van der Waals surface area contributed by atoms with Crippen molar-refractivity contribution in [2.24, 2.45) is 0 Å². The fourth-order valence-electron chi connectivity index (χ4n) is 2.23. The van der Waals surface area contributed by atoms with Gasteiger partial charge < -0.3 is 9.64 Å². The van der Waals surface area contributed by atoms with E-state index in [1.165, 1.54) is 0 Å². The van der Waals surface area contributed by atoms with Gasteiger partial charge in [-0.3, -0.25) is 0 Å². The molecule has 1 atom stereocenters. The van der Waals surface area contributed by atoms with Gasteiger partial charge in [0.2, 0.25) is 0 Å². The smallest absolute Gasteiger partial charge is 0.103 e. The lowest BCUT2D eigenvalue weighted by molar-refractivity contribution is 0.0989. The highest BCUT2D eigenvalue weighted by molar-refractivity contribution is 7.99. The molecule has 1 aromatic carbocycles. The number of rotatable bonds is 3. The average molecular weight is 262 g/mol. The van der Waals surface area contributed by atoms with Crippen LogP contribution in [0.1, 0.15) is 19.4 Å². The third-order valence-electron chi connectivity index (χ3n) is 3.09. The molecule has 1 aromatic rings. The van der Waals surface area contributed by atoms with Crippen LogP contribution < -0.4 is 4.90 Å². The molecular formula is C14H18N2OS. The van der Waals surface area contributed by atoms with Crippen LogP contribution in [-0.2, 0) is 4.74 Å². The second-order valence-electron chi connectivity index (χ2n) is 4.31. The van der Waals surface area contributed by atoms with Crippen molar-refractivity contribution < 1.29 is 4.74 Å². The summed E-state index contributed by atoms with van der Waals surface area (Å²) in [5.74, 6) is 0.983. The zero-order valence-corrected chi connectivity index (χ0v) is 11.7. The van der Waals surface area contributed by atoms with Gasteiger partial charge in [-0.1, -0.05) is 13.0 Å². The first-order chi connectivity index (χ1) is 8.77.